The number of carbonyl (C=O) groups excluding carboxylic acids is 1. The minimum atomic E-state index is -0.453. The Kier molecular flexibility index (Phi) is 4.79. The summed E-state index contributed by atoms with van der Waals surface area (Å²) in [5.41, 5.74) is 0. The van der Waals surface area contributed by atoms with E-state index in [2.05, 4.69) is 23.6 Å². The minimum absolute atomic E-state index is 0.232. The molecule has 1 heterocycles. The highest BCUT2D eigenvalue weighted by molar-refractivity contribution is 5.86. The lowest BCUT2D eigenvalue weighted by molar-refractivity contribution is 0.0563. The Bertz CT molecular complexity index is 357. The Labute approximate surface area is 95.3 Å². The number of nitrogens with one attached hydrogen (secondary N) is 1. The molecule has 4 nitrogen and oxygen atoms in total. The van der Waals surface area contributed by atoms with Gasteiger partial charge in [0.1, 0.15) is 5.76 Å². The van der Waals surface area contributed by atoms with Crippen LogP contribution >= 0.6 is 0 Å². The highest BCUT2D eigenvalue weighted by Gasteiger charge is 2.11. The van der Waals surface area contributed by atoms with E-state index in [0.29, 0.717) is 12.6 Å². The van der Waals surface area contributed by atoms with E-state index in [-0.39, 0.29) is 5.76 Å². The van der Waals surface area contributed by atoms with Crippen LogP contribution in [0, 0.1) is 0 Å². The van der Waals surface area contributed by atoms with Crippen molar-refractivity contribution < 1.29 is 13.9 Å². The van der Waals surface area contributed by atoms with Crippen LogP contribution in [-0.4, -0.2) is 19.1 Å². The van der Waals surface area contributed by atoms with E-state index in [1.165, 1.54) is 7.11 Å². The summed E-state index contributed by atoms with van der Waals surface area (Å²) in [5.74, 6) is 0.498. The summed E-state index contributed by atoms with van der Waals surface area (Å²) in [6.45, 7) is 6.32. The van der Waals surface area contributed by atoms with Crippen LogP contribution in [0.25, 0.3) is 0 Å². The molecule has 0 spiro atoms. The standard InChI is InChI=1S/C12H17NO3/c1-4-5-9(2)13-8-10-6-7-11(16-10)12(14)15-3/h4,6-7,9,13H,1,5,8H2,2-3H3. The van der Waals surface area contributed by atoms with E-state index in [4.69, 9.17) is 4.42 Å². The highest BCUT2D eigenvalue weighted by Crippen LogP contribution is 2.09. The van der Waals surface area contributed by atoms with Gasteiger partial charge < -0.3 is 14.5 Å². The van der Waals surface area contributed by atoms with Crippen molar-refractivity contribution in [1.82, 2.24) is 5.32 Å². The Hall–Kier alpha value is -1.55. The van der Waals surface area contributed by atoms with Crippen LogP contribution < -0.4 is 5.32 Å². The smallest absolute Gasteiger partial charge is 0.373 e. The molecule has 0 radical (unpaired) electrons. The number of hydrogen-bond donors (Lipinski definition) is 1. The molecular weight excluding hydrogens is 206 g/mol. The molecule has 0 amide bonds. The molecule has 0 aliphatic heterocycles. The summed E-state index contributed by atoms with van der Waals surface area (Å²) in [6.07, 6.45) is 2.75. The fourth-order valence-corrected chi connectivity index (χ4v) is 1.29. The van der Waals surface area contributed by atoms with Gasteiger partial charge in [-0.2, -0.15) is 0 Å². The molecule has 1 atom stereocenters. The maximum absolute atomic E-state index is 11.1. The van der Waals surface area contributed by atoms with Gasteiger partial charge in [0.2, 0.25) is 5.76 Å². The molecule has 0 aliphatic rings. The molecule has 0 aromatic carbocycles. The lowest BCUT2D eigenvalue weighted by atomic mass is 10.2. The van der Waals surface area contributed by atoms with Crippen LogP contribution in [0.4, 0.5) is 0 Å². The van der Waals surface area contributed by atoms with Crippen molar-refractivity contribution in [3.05, 3.63) is 36.3 Å². The van der Waals surface area contributed by atoms with Gasteiger partial charge in [-0.1, -0.05) is 6.08 Å². The molecule has 1 rings (SSSR count). The fraction of sp³-hybridized carbons (Fsp3) is 0.417. The summed E-state index contributed by atoms with van der Waals surface area (Å²) in [5, 5.41) is 3.25. The van der Waals surface area contributed by atoms with Crippen LogP contribution in [0.5, 0.6) is 0 Å². The average molecular weight is 223 g/mol. The first kappa shape index (κ1) is 12.5. The Morgan fingerprint density at radius 2 is 2.44 bits per heavy atom. The van der Waals surface area contributed by atoms with E-state index < -0.39 is 5.97 Å². The third-order valence-corrected chi connectivity index (χ3v) is 2.19. The third-order valence-electron chi connectivity index (χ3n) is 2.19. The molecule has 0 fully saturated rings. The number of rotatable bonds is 6. The molecule has 1 aromatic heterocycles. The van der Waals surface area contributed by atoms with Crippen LogP contribution in [-0.2, 0) is 11.3 Å². The average Bonchev–Trinajstić information content (AvgIpc) is 2.74. The summed E-state index contributed by atoms with van der Waals surface area (Å²) >= 11 is 0. The summed E-state index contributed by atoms with van der Waals surface area (Å²) in [4.78, 5) is 11.1. The molecule has 4 heteroatoms. The molecule has 1 aromatic rings. The molecule has 0 bridgehead atoms. The summed E-state index contributed by atoms with van der Waals surface area (Å²) < 4.78 is 9.85. The van der Waals surface area contributed by atoms with Crippen molar-refractivity contribution in [3.8, 4) is 0 Å². The lowest BCUT2D eigenvalue weighted by Crippen LogP contribution is -2.24. The maximum Gasteiger partial charge on any atom is 0.373 e. The first-order chi connectivity index (χ1) is 7.67. The normalized spacial score (nSPS) is 12.1. The van der Waals surface area contributed by atoms with Crippen LogP contribution in [0.1, 0.15) is 29.7 Å². The number of carbonyl (C=O) groups is 1. The number of hydrogen-bond acceptors (Lipinski definition) is 4. The molecule has 0 aliphatic carbocycles. The van der Waals surface area contributed by atoms with E-state index >= 15 is 0 Å². The third kappa shape index (κ3) is 3.55. The summed E-state index contributed by atoms with van der Waals surface area (Å²) in [7, 11) is 1.33. The Morgan fingerprint density at radius 3 is 3.06 bits per heavy atom. The number of esters is 1. The minimum Gasteiger partial charge on any atom is -0.463 e. The topological polar surface area (TPSA) is 51.5 Å². The van der Waals surface area contributed by atoms with Crippen molar-refractivity contribution in [2.24, 2.45) is 0 Å². The van der Waals surface area contributed by atoms with E-state index in [9.17, 15) is 4.79 Å². The van der Waals surface area contributed by atoms with Gasteiger partial charge in [0.05, 0.1) is 13.7 Å². The van der Waals surface area contributed by atoms with Gasteiger partial charge in [-0.25, -0.2) is 4.79 Å². The predicted molar refractivity (Wildman–Crippen MR) is 61.2 cm³/mol. The second-order valence-electron chi connectivity index (χ2n) is 3.56. The lowest BCUT2D eigenvalue weighted by Gasteiger charge is -2.09. The number of methoxy groups -OCH3 is 1. The fourth-order valence-electron chi connectivity index (χ4n) is 1.29. The number of furan rings is 1. The van der Waals surface area contributed by atoms with Crippen molar-refractivity contribution in [1.29, 1.82) is 0 Å². The van der Waals surface area contributed by atoms with E-state index in [0.717, 1.165) is 12.2 Å². The second-order valence-corrected chi connectivity index (χ2v) is 3.56. The monoisotopic (exact) mass is 223 g/mol. The molecule has 88 valence electrons. The first-order valence-corrected chi connectivity index (χ1v) is 5.18. The van der Waals surface area contributed by atoms with E-state index in [1.54, 1.807) is 12.1 Å². The predicted octanol–water partition coefficient (Wildman–Crippen LogP) is 2.12. The maximum atomic E-state index is 11.1. The second kappa shape index (κ2) is 6.12. The van der Waals surface area contributed by atoms with Crippen LogP contribution in [0.15, 0.2) is 29.2 Å². The molecule has 0 saturated heterocycles. The number of ether oxygens (including phenoxy) is 1. The zero-order chi connectivity index (χ0) is 12.0. The molecule has 1 unspecified atom stereocenters. The summed E-state index contributed by atoms with van der Waals surface area (Å²) in [6, 6.07) is 3.71. The van der Waals surface area contributed by atoms with Crippen molar-refractivity contribution in [2.45, 2.75) is 25.9 Å². The van der Waals surface area contributed by atoms with Gasteiger partial charge in [-0.05, 0) is 25.5 Å². The van der Waals surface area contributed by atoms with Gasteiger partial charge in [-0.3, -0.25) is 0 Å². The van der Waals surface area contributed by atoms with Crippen molar-refractivity contribution >= 4 is 5.97 Å². The molecule has 16 heavy (non-hydrogen) atoms. The zero-order valence-corrected chi connectivity index (χ0v) is 9.66. The SMILES string of the molecule is C=CCC(C)NCc1ccc(C(=O)OC)o1. The van der Waals surface area contributed by atoms with Crippen LogP contribution in [0.2, 0.25) is 0 Å². The van der Waals surface area contributed by atoms with Gasteiger partial charge in [0.15, 0.2) is 0 Å². The van der Waals surface area contributed by atoms with Crippen molar-refractivity contribution in [3.63, 3.8) is 0 Å². The largest absolute Gasteiger partial charge is 0.463 e. The highest BCUT2D eigenvalue weighted by atomic mass is 16.5. The molecule has 0 saturated carbocycles. The Balaban J connectivity index is 2.46. The first-order valence-electron chi connectivity index (χ1n) is 5.18. The van der Waals surface area contributed by atoms with E-state index in [1.807, 2.05) is 6.08 Å². The van der Waals surface area contributed by atoms with Crippen LogP contribution in [0.3, 0.4) is 0 Å². The molecule has 1 N–H and O–H groups in total. The zero-order valence-electron chi connectivity index (χ0n) is 9.66. The quantitative estimate of drug-likeness (QED) is 0.593. The van der Waals surface area contributed by atoms with Gasteiger partial charge >= 0.3 is 5.97 Å². The Morgan fingerprint density at radius 1 is 1.69 bits per heavy atom. The molecular formula is C12H17NO3. The van der Waals surface area contributed by atoms with Gasteiger partial charge in [0.25, 0.3) is 0 Å². The van der Waals surface area contributed by atoms with Gasteiger partial charge in [0, 0.05) is 6.04 Å². The van der Waals surface area contributed by atoms with Gasteiger partial charge in [-0.15, -0.1) is 6.58 Å². The van der Waals surface area contributed by atoms with Crippen molar-refractivity contribution in [2.75, 3.05) is 7.11 Å².